The molecule has 0 saturated heterocycles. The van der Waals surface area contributed by atoms with Gasteiger partial charge in [0.1, 0.15) is 6.33 Å². The van der Waals surface area contributed by atoms with Crippen LogP contribution in [0.5, 0.6) is 0 Å². The van der Waals surface area contributed by atoms with Crippen molar-refractivity contribution in [2.45, 2.75) is 33.2 Å². The van der Waals surface area contributed by atoms with Gasteiger partial charge in [-0.2, -0.15) is 0 Å². The Bertz CT molecular complexity index is 244. The minimum atomic E-state index is 0.459. The molecule has 1 rings (SSSR count). The molecular weight excluding hydrogens is 265 g/mol. The van der Waals surface area contributed by atoms with Crippen molar-refractivity contribution in [3.63, 3.8) is 0 Å². The summed E-state index contributed by atoms with van der Waals surface area (Å²) in [6, 6.07) is 0.459. The fraction of sp³-hybridized carbons (Fsp3) is 0.750. The molecule has 12 heavy (non-hydrogen) atoms. The van der Waals surface area contributed by atoms with E-state index in [9.17, 15) is 0 Å². The SMILES string of the molecule is CC(C)CC(C)n1cnc(I)n1. The van der Waals surface area contributed by atoms with Gasteiger partial charge in [0.2, 0.25) is 3.83 Å². The molecule has 1 aromatic rings. The lowest BCUT2D eigenvalue weighted by atomic mass is 10.1. The molecule has 0 amide bonds. The zero-order chi connectivity index (χ0) is 9.14. The van der Waals surface area contributed by atoms with E-state index in [1.165, 1.54) is 0 Å². The van der Waals surface area contributed by atoms with Gasteiger partial charge in [-0.05, 0) is 19.3 Å². The maximum atomic E-state index is 4.26. The number of hydrogen-bond donors (Lipinski definition) is 0. The van der Waals surface area contributed by atoms with Crippen LogP contribution in [0.15, 0.2) is 6.33 Å². The Balaban J connectivity index is 2.58. The molecule has 0 N–H and O–H groups in total. The van der Waals surface area contributed by atoms with Gasteiger partial charge in [0.05, 0.1) is 6.04 Å². The topological polar surface area (TPSA) is 30.7 Å². The number of aromatic nitrogens is 3. The lowest BCUT2D eigenvalue weighted by molar-refractivity contribution is 0.396. The van der Waals surface area contributed by atoms with E-state index in [-0.39, 0.29) is 0 Å². The highest BCUT2D eigenvalue weighted by molar-refractivity contribution is 14.1. The molecule has 0 aromatic carbocycles. The molecule has 0 spiro atoms. The molecule has 3 nitrogen and oxygen atoms in total. The van der Waals surface area contributed by atoms with Crippen LogP contribution >= 0.6 is 22.6 Å². The van der Waals surface area contributed by atoms with E-state index in [2.05, 4.69) is 53.4 Å². The Morgan fingerprint density at radius 1 is 1.50 bits per heavy atom. The zero-order valence-corrected chi connectivity index (χ0v) is 9.82. The Kier molecular flexibility index (Phi) is 3.49. The third kappa shape index (κ3) is 2.73. The number of nitrogens with zero attached hydrogens (tertiary/aromatic N) is 3. The molecule has 0 fully saturated rings. The van der Waals surface area contributed by atoms with Gasteiger partial charge in [-0.1, -0.05) is 13.8 Å². The van der Waals surface area contributed by atoms with Crippen LogP contribution in [0.4, 0.5) is 0 Å². The maximum absolute atomic E-state index is 4.26. The standard InChI is InChI=1S/C8H14IN3/c1-6(2)4-7(3)12-5-10-8(9)11-12/h5-7H,4H2,1-3H3. The van der Waals surface area contributed by atoms with Gasteiger partial charge in [-0.25, -0.2) is 9.67 Å². The van der Waals surface area contributed by atoms with Gasteiger partial charge in [-0.3, -0.25) is 0 Å². The largest absolute Gasteiger partial charge is 0.249 e. The van der Waals surface area contributed by atoms with Gasteiger partial charge in [0, 0.05) is 22.6 Å². The van der Waals surface area contributed by atoms with Crippen molar-refractivity contribution in [1.29, 1.82) is 0 Å². The molecule has 0 bridgehead atoms. The van der Waals surface area contributed by atoms with Gasteiger partial charge < -0.3 is 0 Å². The van der Waals surface area contributed by atoms with E-state index in [0.717, 1.165) is 10.3 Å². The van der Waals surface area contributed by atoms with Gasteiger partial charge in [0.15, 0.2) is 0 Å². The van der Waals surface area contributed by atoms with Crippen LogP contribution in [-0.2, 0) is 0 Å². The zero-order valence-electron chi connectivity index (χ0n) is 7.66. The van der Waals surface area contributed by atoms with Gasteiger partial charge in [0.25, 0.3) is 0 Å². The van der Waals surface area contributed by atoms with Crippen LogP contribution in [0.1, 0.15) is 33.2 Å². The quantitative estimate of drug-likeness (QED) is 0.796. The van der Waals surface area contributed by atoms with Crippen LogP contribution in [0.2, 0.25) is 0 Å². The van der Waals surface area contributed by atoms with Crippen molar-refractivity contribution in [2.24, 2.45) is 5.92 Å². The Hall–Kier alpha value is -0.130. The predicted octanol–water partition coefficient (Wildman–Crippen LogP) is 2.49. The van der Waals surface area contributed by atoms with E-state index in [1.807, 2.05) is 4.68 Å². The molecule has 1 unspecified atom stereocenters. The number of halogens is 1. The summed E-state index contributed by atoms with van der Waals surface area (Å²) in [5.74, 6) is 0.710. The highest BCUT2D eigenvalue weighted by Gasteiger charge is 2.08. The second-order valence-electron chi connectivity index (χ2n) is 3.47. The molecule has 68 valence electrons. The van der Waals surface area contributed by atoms with Crippen molar-refractivity contribution in [2.75, 3.05) is 0 Å². The van der Waals surface area contributed by atoms with Crippen LogP contribution in [0, 0.1) is 9.75 Å². The van der Waals surface area contributed by atoms with E-state index in [4.69, 9.17) is 0 Å². The van der Waals surface area contributed by atoms with Crippen molar-refractivity contribution < 1.29 is 0 Å². The summed E-state index contributed by atoms with van der Waals surface area (Å²) in [6.45, 7) is 6.61. The summed E-state index contributed by atoms with van der Waals surface area (Å²) in [5, 5.41) is 4.26. The number of hydrogen-bond acceptors (Lipinski definition) is 2. The molecular formula is C8H14IN3. The number of rotatable bonds is 3. The van der Waals surface area contributed by atoms with Crippen molar-refractivity contribution in [1.82, 2.24) is 14.8 Å². The van der Waals surface area contributed by atoms with Crippen LogP contribution < -0.4 is 0 Å². The molecule has 0 saturated carbocycles. The summed E-state index contributed by atoms with van der Waals surface area (Å²) in [4.78, 5) is 4.08. The van der Waals surface area contributed by atoms with E-state index >= 15 is 0 Å². The Morgan fingerprint density at radius 2 is 2.17 bits per heavy atom. The van der Waals surface area contributed by atoms with Crippen molar-refractivity contribution >= 4 is 22.6 Å². The fourth-order valence-electron chi connectivity index (χ4n) is 1.26. The average molecular weight is 279 g/mol. The van der Waals surface area contributed by atoms with Gasteiger partial charge in [-0.15, -0.1) is 5.10 Å². The normalized spacial score (nSPS) is 13.8. The summed E-state index contributed by atoms with van der Waals surface area (Å²) < 4.78 is 2.75. The third-order valence-electron chi connectivity index (χ3n) is 1.74. The highest BCUT2D eigenvalue weighted by atomic mass is 127. The fourth-order valence-corrected chi connectivity index (χ4v) is 1.63. The molecule has 1 atom stereocenters. The first-order valence-electron chi connectivity index (χ1n) is 4.16. The van der Waals surface area contributed by atoms with Gasteiger partial charge >= 0.3 is 0 Å². The Labute approximate surface area is 86.7 Å². The van der Waals surface area contributed by atoms with Crippen molar-refractivity contribution in [3.8, 4) is 0 Å². The van der Waals surface area contributed by atoms with E-state index < -0.39 is 0 Å². The molecule has 0 aliphatic carbocycles. The smallest absolute Gasteiger partial charge is 0.211 e. The first kappa shape index (κ1) is 9.95. The van der Waals surface area contributed by atoms with Crippen LogP contribution in [-0.4, -0.2) is 14.8 Å². The molecule has 1 aromatic heterocycles. The predicted molar refractivity (Wildman–Crippen MR) is 56.9 cm³/mol. The van der Waals surface area contributed by atoms with E-state index in [0.29, 0.717) is 12.0 Å². The molecule has 1 heterocycles. The molecule has 4 heteroatoms. The monoisotopic (exact) mass is 279 g/mol. The third-order valence-corrected chi connectivity index (χ3v) is 2.24. The van der Waals surface area contributed by atoms with E-state index in [1.54, 1.807) is 6.33 Å². The second kappa shape index (κ2) is 4.20. The van der Waals surface area contributed by atoms with Crippen LogP contribution in [0.25, 0.3) is 0 Å². The lowest BCUT2D eigenvalue weighted by Gasteiger charge is -2.13. The lowest BCUT2D eigenvalue weighted by Crippen LogP contribution is -2.08. The minimum Gasteiger partial charge on any atom is -0.249 e. The minimum absolute atomic E-state index is 0.459. The molecule has 0 aliphatic heterocycles. The highest BCUT2D eigenvalue weighted by Crippen LogP contribution is 2.15. The first-order valence-corrected chi connectivity index (χ1v) is 5.24. The first-order chi connectivity index (χ1) is 5.59. The summed E-state index contributed by atoms with van der Waals surface area (Å²) in [7, 11) is 0. The maximum Gasteiger partial charge on any atom is 0.211 e. The summed E-state index contributed by atoms with van der Waals surface area (Å²) in [6.07, 6.45) is 2.95. The van der Waals surface area contributed by atoms with Crippen molar-refractivity contribution in [3.05, 3.63) is 10.2 Å². The Morgan fingerprint density at radius 3 is 2.58 bits per heavy atom. The molecule has 0 radical (unpaired) electrons. The summed E-state index contributed by atoms with van der Waals surface area (Å²) >= 11 is 2.12. The summed E-state index contributed by atoms with van der Waals surface area (Å²) in [5.41, 5.74) is 0. The second-order valence-corrected chi connectivity index (χ2v) is 4.44. The average Bonchev–Trinajstić information content (AvgIpc) is 2.34. The molecule has 0 aliphatic rings. The van der Waals surface area contributed by atoms with Crippen LogP contribution in [0.3, 0.4) is 0 Å².